The molecule has 5 nitrogen and oxygen atoms in total. The maximum atomic E-state index is 5.33. The van der Waals surface area contributed by atoms with Crippen LogP contribution in [0.1, 0.15) is 16.7 Å². The lowest BCUT2D eigenvalue weighted by Crippen LogP contribution is -2.18. The van der Waals surface area contributed by atoms with Crippen molar-refractivity contribution in [1.82, 2.24) is 10.3 Å². The van der Waals surface area contributed by atoms with E-state index < -0.39 is 0 Å². The van der Waals surface area contributed by atoms with Gasteiger partial charge in [-0.25, -0.2) is 4.98 Å². The van der Waals surface area contributed by atoms with Crippen molar-refractivity contribution in [3.05, 3.63) is 77.4 Å². The van der Waals surface area contributed by atoms with Crippen molar-refractivity contribution in [2.45, 2.75) is 20.4 Å². The van der Waals surface area contributed by atoms with Gasteiger partial charge in [0.25, 0.3) is 0 Å². The summed E-state index contributed by atoms with van der Waals surface area (Å²) in [4.78, 5) is 8.94. The smallest absolute Gasteiger partial charge is 0.0798 e. The number of aliphatic imine (C=N–C) groups is 1. The van der Waals surface area contributed by atoms with E-state index in [0.717, 1.165) is 40.9 Å². The Hall–Kier alpha value is -3.44. The number of aromatic nitrogens is 1. The van der Waals surface area contributed by atoms with Gasteiger partial charge in [-0.1, -0.05) is 24.3 Å². The number of nitrogens with one attached hydrogen (secondary N) is 2. The van der Waals surface area contributed by atoms with E-state index >= 15 is 0 Å². The molecule has 1 heterocycles. The fraction of sp³-hybridized carbons (Fsp3) is 0.200. The third-order valence-electron chi connectivity index (χ3n) is 5.41. The van der Waals surface area contributed by atoms with Crippen LogP contribution in [0.3, 0.4) is 0 Å². The molecule has 4 N–H and O–H groups in total. The second-order valence-electron chi connectivity index (χ2n) is 7.50. The number of anilines is 2. The Balaban J connectivity index is 1.72. The molecule has 0 atom stereocenters. The standard InChI is InChI=1S/C25H27N5/c1-17-7-8-19(13-18(17)2)29-20-9-10-25-22(14-20)23(15-27-11-12-28-16-26)21-5-3-4-6-24(21)30-25/h3-10,13-14,16,27,29H,11-12,15H2,1-2H3,(H2,26,28). The Kier molecular flexibility index (Phi) is 5.91. The first-order chi connectivity index (χ1) is 14.7. The SMILES string of the molecule is Cc1ccc(Nc2ccc3nc4ccccc4c(CNCCN=CN)c3c2)cc1C. The molecule has 0 unspecified atom stereocenters. The largest absolute Gasteiger partial charge is 0.390 e. The molecule has 3 aromatic carbocycles. The van der Waals surface area contributed by atoms with Crippen LogP contribution in [0, 0.1) is 13.8 Å². The van der Waals surface area contributed by atoms with Crippen LogP contribution < -0.4 is 16.4 Å². The van der Waals surface area contributed by atoms with Gasteiger partial charge >= 0.3 is 0 Å². The van der Waals surface area contributed by atoms with Crippen LogP contribution in [-0.4, -0.2) is 24.4 Å². The zero-order valence-electron chi connectivity index (χ0n) is 17.4. The van der Waals surface area contributed by atoms with Gasteiger partial charge in [-0.3, -0.25) is 4.99 Å². The van der Waals surface area contributed by atoms with E-state index in [4.69, 9.17) is 10.7 Å². The molecule has 0 aliphatic heterocycles. The van der Waals surface area contributed by atoms with Crippen LogP contribution in [0.4, 0.5) is 11.4 Å². The van der Waals surface area contributed by atoms with Crippen LogP contribution in [0.15, 0.2) is 65.7 Å². The maximum absolute atomic E-state index is 5.33. The summed E-state index contributed by atoms with van der Waals surface area (Å²) < 4.78 is 0. The van der Waals surface area contributed by atoms with Crippen molar-refractivity contribution >= 4 is 39.5 Å². The van der Waals surface area contributed by atoms with Crippen molar-refractivity contribution in [2.75, 3.05) is 18.4 Å². The van der Waals surface area contributed by atoms with Crippen molar-refractivity contribution in [2.24, 2.45) is 10.7 Å². The molecule has 0 aliphatic carbocycles. The lowest BCUT2D eigenvalue weighted by Gasteiger charge is -2.14. The first-order valence-electron chi connectivity index (χ1n) is 10.2. The van der Waals surface area contributed by atoms with Crippen LogP contribution in [0.25, 0.3) is 21.8 Å². The van der Waals surface area contributed by atoms with Crippen molar-refractivity contribution < 1.29 is 0 Å². The average Bonchev–Trinajstić information content (AvgIpc) is 2.76. The fourth-order valence-electron chi connectivity index (χ4n) is 3.66. The Bertz CT molecular complexity index is 1210. The summed E-state index contributed by atoms with van der Waals surface area (Å²) in [5.74, 6) is 0. The third kappa shape index (κ3) is 4.26. The van der Waals surface area contributed by atoms with Gasteiger partial charge in [0, 0.05) is 35.2 Å². The van der Waals surface area contributed by atoms with Gasteiger partial charge in [0.05, 0.1) is 23.9 Å². The Morgan fingerprint density at radius 3 is 2.50 bits per heavy atom. The molecule has 0 radical (unpaired) electrons. The number of hydrogen-bond acceptors (Lipinski definition) is 4. The van der Waals surface area contributed by atoms with Gasteiger partial charge in [-0.2, -0.15) is 0 Å². The Morgan fingerprint density at radius 2 is 1.67 bits per heavy atom. The number of pyridine rings is 1. The highest BCUT2D eigenvalue weighted by Crippen LogP contribution is 2.29. The number of nitrogens with zero attached hydrogens (tertiary/aromatic N) is 2. The third-order valence-corrected chi connectivity index (χ3v) is 5.41. The van der Waals surface area contributed by atoms with Crippen molar-refractivity contribution in [3.8, 4) is 0 Å². The topological polar surface area (TPSA) is 75.3 Å². The number of nitrogens with two attached hydrogens (primary N) is 1. The summed E-state index contributed by atoms with van der Waals surface area (Å²) in [5, 5.41) is 9.35. The van der Waals surface area contributed by atoms with Gasteiger partial charge in [0.2, 0.25) is 0 Å². The monoisotopic (exact) mass is 397 g/mol. The van der Waals surface area contributed by atoms with E-state index in [1.165, 1.54) is 28.4 Å². The van der Waals surface area contributed by atoms with Crippen LogP contribution >= 0.6 is 0 Å². The van der Waals surface area contributed by atoms with Crippen molar-refractivity contribution in [1.29, 1.82) is 0 Å². The molecule has 30 heavy (non-hydrogen) atoms. The summed E-state index contributed by atoms with van der Waals surface area (Å²) >= 11 is 0. The molecular formula is C25H27N5. The average molecular weight is 398 g/mol. The van der Waals surface area contributed by atoms with Crippen molar-refractivity contribution in [3.63, 3.8) is 0 Å². The summed E-state index contributed by atoms with van der Waals surface area (Å²) in [6.45, 7) is 6.44. The highest BCUT2D eigenvalue weighted by Gasteiger charge is 2.10. The number of hydrogen-bond donors (Lipinski definition) is 3. The maximum Gasteiger partial charge on any atom is 0.0798 e. The molecule has 5 heteroatoms. The number of aryl methyl sites for hydroxylation is 2. The molecular weight excluding hydrogens is 370 g/mol. The highest BCUT2D eigenvalue weighted by molar-refractivity contribution is 5.98. The lowest BCUT2D eigenvalue weighted by molar-refractivity contribution is 0.701. The normalized spacial score (nSPS) is 11.5. The minimum atomic E-state index is 0.664. The predicted octanol–water partition coefficient (Wildman–Crippen LogP) is 4.83. The van der Waals surface area contributed by atoms with Gasteiger partial charge in [-0.05, 0) is 66.9 Å². The second-order valence-corrected chi connectivity index (χ2v) is 7.50. The molecule has 0 spiro atoms. The lowest BCUT2D eigenvalue weighted by atomic mass is 10.0. The first kappa shape index (κ1) is 19.9. The van der Waals surface area contributed by atoms with Crippen LogP contribution in [0.2, 0.25) is 0 Å². The zero-order valence-corrected chi connectivity index (χ0v) is 17.4. The number of rotatable bonds is 7. The molecule has 0 bridgehead atoms. The molecule has 0 saturated carbocycles. The first-order valence-corrected chi connectivity index (χ1v) is 10.2. The summed E-state index contributed by atoms with van der Waals surface area (Å²) in [7, 11) is 0. The molecule has 0 aliphatic rings. The van der Waals surface area contributed by atoms with Gasteiger partial charge in [0.15, 0.2) is 0 Å². The molecule has 1 aromatic heterocycles. The van der Waals surface area contributed by atoms with E-state index in [2.05, 4.69) is 84.1 Å². The molecule has 0 amide bonds. The van der Waals surface area contributed by atoms with Gasteiger partial charge in [-0.15, -0.1) is 0 Å². The summed E-state index contributed by atoms with van der Waals surface area (Å²) in [6.07, 6.45) is 1.35. The van der Waals surface area contributed by atoms with Gasteiger partial charge in [0.1, 0.15) is 0 Å². The van der Waals surface area contributed by atoms with E-state index in [-0.39, 0.29) is 0 Å². The van der Waals surface area contributed by atoms with Crippen LogP contribution in [0.5, 0.6) is 0 Å². The van der Waals surface area contributed by atoms with E-state index in [0.29, 0.717) is 6.54 Å². The summed E-state index contributed by atoms with van der Waals surface area (Å²) in [5.41, 5.74) is 13.3. The highest BCUT2D eigenvalue weighted by atomic mass is 14.9. The van der Waals surface area contributed by atoms with E-state index in [9.17, 15) is 0 Å². The van der Waals surface area contributed by atoms with Crippen LogP contribution in [-0.2, 0) is 6.54 Å². The predicted molar refractivity (Wildman–Crippen MR) is 128 cm³/mol. The number of para-hydroxylation sites is 1. The van der Waals surface area contributed by atoms with Gasteiger partial charge < -0.3 is 16.4 Å². The molecule has 0 fully saturated rings. The van der Waals surface area contributed by atoms with E-state index in [1.54, 1.807) is 0 Å². The Morgan fingerprint density at radius 1 is 0.900 bits per heavy atom. The minimum Gasteiger partial charge on any atom is -0.390 e. The molecule has 4 rings (SSSR count). The number of fused-ring (bicyclic) bond motifs is 2. The van der Waals surface area contributed by atoms with E-state index in [1.807, 2.05) is 6.07 Å². The minimum absolute atomic E-state index is 0.664. The zero-order chi connectivity index (χ0) is 20.9. The number of benzene rings is 3. The molecule has 0 saturated heterocycles. The summed E-state index contributed by atoms with van der Waals surface area (Å²) in [6, 6.07) is 21.1. The second kappa shape index (κ2) is 8.93. The quantitative estimate of drug-likeness (QED) is 0.181. The molecule has 152 valence electrons. The Labute approximate surface area is 177 Å². The fourth-order valence-corrected chi connectivity index (χ4v) is 3.66. The molecule has 4 aromatic rings.